The van der Waals surface area contributed by atoms with Crippen LogP contribution in [0.5, 0.6) is 0 Å². The van der Waals surface area contributed by atoms with Crippen LogP contribution in [0.2, 0.25) is 0 Å². The topological polar surface area (TPSA) is 3.24 Å². The fourth-order valence-electron chi connectivity index (χ4n) is 5.01. The van der Waals surface area contributed by atoms with Gasteiger partial charge in [-0.2, -0.15) is 0 Å². The van der Waals surface area contributed by atoms with E-state index in [1.165, 1.54) is 43.3 Å². The van der Waals surface area contributed by atoms with Crippen LogP contribution in [-0.4, -0.2) is 18.8 Å². The molecule has 6 aromatic carbocycles. The van der Waals surface area contributed by atoms with Crippen molar-refractivity contribution in [3.05, 3.63) is 133 Å². The van der Waals surface area contributed by atoms with Crippen molar-refractivity contribution in [2.75, 3.05) is 23.7 Å². The molecule has 0 aliphatic carbocycles. The summed E-state index contributed by atoms with van der Waals surface area (Å²) in [5.41, 5.74) is 5.93. The normalized spacial score (nSPS) is 12.1. The zero-order valence-electron chi connectivity index (χ0n) is 21.6. The Morgan fingerprint density at radius 1 is 0.432 bits per heavy atom. The average Bonchev–Trinajstić information content (AvgIpc) is 2.94. The van der Waals surface area contributed by atoms with Crippen LogP contribution < -0.4 is 4.90 Å². The van der Waals surface area contributed by atoms with Gasteiger partial charge in [-0.05, 0) is 105 Å². The zero-order valence-corrected chi connectivity index (χ0v) is 22.4. The maximum atomic E-state index is 2.37. The Hall–Kier alpha value is -4.01. The monoisotopic (exact) mass is 497 g/mol. The largest absolute Gasteiger partial charge is 0.310 e. The molecular formula is C35H31NS. The molecule has 0 amide bonds. The average molecular weight is 498 g/mol. The SMILES string of the molecule is CS(C)(C)c1ccc(N(c2ccc(-c3ccccc3)cc2)c2ccc3ccc4ccccc4c3c2)cc1. The number of anilines is 3. The van der Waals surface area contributed by atoms with E-state index in [-0.39, 0.29) is 0 Å². The standard InChI is InChI=1S/C35H31NS/c1-37(2,3)33-23-21-31(22-24-33)36(30-18-15-27(16-19-30)26-9-5-4-6-10-26)32-20-17-29-14-13-28-11-7-8-12-34(28)35(29)25-32/h4-25H,1-3H3. The molecule has 0 aromatic heterocycles. The Morgan fingerprint density at radius 3 is 1.62 bits per heavy atom. The summed E-state index contributed by atoms with van der Waals surface area (Å²) in [5, 5.41) is 5.09. The first-order chi connectivity index (χ1) is 18.0. The van der Waals surface area contributed by atoms with Gasteiger partial charge in [0, 0.05) is 17.1 Å². The summed E-state index contributed by atoms with van der Waals surface area (Å²) < 4.78 is 0. The molecule has 0 radical (unpaired) electrons. The van der Waals surface area contributed by atoms with Crippen molar-refractivity contribution in [1.82, 2.24) is 0 Å². The Morgan fingerprint density at radius 2 is 0.946 bits per heavy atom. The molecule has 0 aliphatic rings. The predicted octanol–water partition coefficient (Wildman–Crippen LogP) is 10.2. The third-order valence-electron chi connectivity index (χ3n) is 7.02. The van der Waals surface area contributed by atoms with E-state index in [2.05, 4.69) is 157 Å². The number of hydrogen-bond donors (Lipinski definition) is 0. The quantitative estimate of drug-likeness (QED) is 0.214. The van der Waals surface area contributed by atoms with Crippen molar-refractivity contribution in [1.29, 1.82) is 0 Å². The third-order valence-corrected chi connectivity index (χ3v) is 8.71. The van der Waals surface area contributed by atoms with Gasteiger partial charge in [-0.3, -0.25) is 0 Å². The molecule has 0 spiro atoms. The first kappa shape index (κ1) is 23.4. The molecule has 0 N–H and O–H groups in total. The van der Waals surface area contributed by atoms with Gasteiger partial charge in [-0.25, -0.2) is 10.0 Å². The summed E-state index contributed by atoms with van der Waals surface area (Å²) in [7, 11) is -0.782. The molecule has 182 valence electrons. The van der Waals surface area contributed by atoms with Crippen molar-refractivity contribution in [3.63, 3.8) is 0 Å². The van der Waals surface area contributed by atoms with Crippen LogP contribution >= 0.6 is 10.0 Å². The summed E-state index contributed by atoms with van der Waals surface area (Å²) in [6.45, 7) is 0. The predicted molar refractivity (Wildman–Crippen MR) is 165 cm³/mol. The van der Waals surface area contributed by atoms with E-state index in [1.807, 2.05) is 0 Å². The highest BCUT2D eigenvalue weighted by molar-refractivity contribution is 8.32. The van der Waals surface area contributed by atoms with Gasteiger partial charge in [0.15, 0.2) is 0 Å². The lowest BCUT2D eigenvalue weighted by molar-refractivity contribution is 1.27. The minimum absolute atomic E-state index is 0.782. The van der Waals surface area contributed by atoms with Gasteiger partial charge in [-0.15, -0.1) is 0 Å². The van der Waals surface area contributed by atoms with E-state index >= 15 is 0 Å². The van der Waals surface area contributed by atoms with Gasteiger partial charge in [0.05, 0.1) is 0 Å². The molecule has 0 atom stereocenters. The lowest BCUT2D eigenvalue weighted by atomic mass is 10.0. The van der Waals surface area contributed by atoms with Crippen LogP contribution in [0.3, 0.4) is 0 Å². The second-order valence-corrected chi connectivity index (χ2v) is 14.4. The van der Waals surface area contributed by atoms with Gasteiger partial charge < -0.3 is 4.90 Å². The molecule has 0 heterocycles. The van der Waals surface area contributed by atoms with Crippen LogP contribution in [0, 0.1) is 0 Å². The van der Waals surface area contributed by atoms with Gasteiger partial charge in [0.2, 0.25) is 0 Å². The highest BCUT2D eigenvalue weighted by Crippen LogP contribution is 2.46. The number of hydrogen-bond acceptors (Lipinski definition) is 1. The second-order valence-electron chi connectivity index (χ2n) is 10.3. The third kappa shape index (κ3) is 4.61. The number of benzene rings is 6. The Bertz CT molecular complexity index is 1680. The smallest absolute Gasteiger partial charge is 0.0468 e. The van der Waals surface area contributed by atoms with E-state index in [4.69, 9.17) is 0 Å². The summed E-state index contributed by atoms with van der Waals surface area (Å²) in [5.74, 6) is 0. The van der Waals surface area contributed by atoms with Crippen LogP contribution in [0.25, 0.3) is 32.7 Å². The molecule has 0 saturated heterocycles. The molecule has 37 heavy (non-hydrogen) atoms. The van der Waals surface area contributed by atoms with E-state index in [0.29, 0.717) is 0 Å². The van der Waals surface area contributed by atoms with Crippen LogP contribution in [0.1, 0.15) is 0 Å². The maximum absolute atomic E-state index is 2.37. The van der Waals surface area contributed by atoms with E-state index in [1.54, 1.807) is 0 Å². The molecule has 0 bridgehead atoms. The number of fused-ring (bicyclic) bond motifs is 3. The molecular weight excluding hydrogens is 466 g/mol. The Balaban J connectivity index is 1.50. The van der Waals surface area contributed by atoms with Crippen molar-refractivity contribution < 1.29 is 0 Å². The maximum Gasteiger partial charge on any atom is 0.0468 e. The number of rotatable bonds is 5. The van der Waals surface area contributed by atoms with E-state index in [9.17, 15) is 0 Å². The highest BCUT2D eigenvalue weighted by atomic mass is 32.3. The summed E-state index contributed by atoms with van der Waals surface area (Å²) in [6, 6.07) is 48.5. The number of nitrogens with zero attached hydrogens (tertiary/aromatic N) is 1. The Kier molecular flexibility index (Phi) is 5.98. The molecule has 0 fully saturated rings. The van der Waals surface area contributed by atoms with Crippen molar-refractivity contribution in [2.45, 2.75) is 4.90 Å². The molecule has 0 saturated carbocycles. The Labute approximate surface area is 221 Å². The zero-order chi connectivity index (χ0) is 25.4. The van der Waals surface area contributed by atoms with Gasteiger partial charge in [0.1, 0.15) is 0 Å². The lowest BCUT2D eigenvalue weighted by Gasteiger charge is -2.29. The molecule has 1 nitrogen and oxygen atoms in total. The van der Waals surface area contributed by atoms with E-state index in [0.717, 1.165) is 11.4 Å². The van der Waals surface area contributed by atoms with E-state index < -0.39 is 10.0 Å². The molecule has 0 unspecified atom stereocenters. The fraction of sp³-hybridized carbons (Fsp3) is 0.0857. The fourth-order valence-corrected chi connectivity index (χ4v) is 5.97. The minimum atomic E-state index is -0.782. The molecule has 2 heteroatoms. The molecule has 6 aromatic rings. The first-order valence-electron chi connectivity index (χ1n) is 12.6. The first-order valence-corrected chi connectivity index (χ1v) is 15.5. The van der Waals surface area contributed by atoms with Crippen LogP contribution in [-0.2, 0) is 0 Å². The van der Waals surface area contributed by atoms with Crippen LogP contribution in [0.4, 0.5) is 17.1 Å². The summed E-state index contributed by atoms with van der Waals surface area (Å²) in [4.78, 5) is 3.79. The highest BCUT2D eigenvalue weighted by Gasteiger charge is 2.16. The summed E-state index contributed by atoms with van der Waals surface area (Å²) in [6.07, 6.45) is 7.03. The lowest BCUT2D eigenvalue weighted by Crippen LogP contribution is -2.10. The molecule has 6 rings (SSSR count). The van der Waals surface area contributed by atoms with Gasteiger partial charge >= 0.3 is 0 Å². The van der Waals surface area contributed by atoms with Crippen molar-refractivity contribution in [2.24, 2.45) is 0 Å². The van der Waals surface area contributed by atoms with Gasteiger partial charge in [0.25, 0.3) is 0 Å². The summed E-state index contributed by atoms with van der Waals surface area (Å²) >= 11 is 0. The van der Waals surface area contributed by atoms with Crippen molar-refractivity contribution >= 4 is 48.6 Å². The minimum Gasteiger partial charge on any atom is -0.310 e. The van der Waals surface area contributed by atoms with Crippen molar-refractivity contribution in [3.8, 4) is 11.1 Å². The van der Waals surface area contributed by atoms with Gasteiger partial charge in [-0.1, -0.05) is 84.9 Å². The molecule has 0 aliphatic heterocycles. The van der Waals surface area contributed by atoms with Crippen LogP contribution in [0.15, 0.2) is 138 Å². The second kappa shape index (κ2) is 9.46.